The van der Waals surface area contributed by atoms with Crippen LogP contribution in [0.2, 0.25) is 0 Å². The molecule has 1 fully saturated rings. The number of hydrogen-bond donors (Lipinski definition) is 2. The second kappa shape index (κ2) is 3.90. The van der Waals surface area contributed by atoms with Crippen LogP contribution in [0.4, 0.5) is 0 Å². The van der Waals surface area contributed by atoms with Gasteiger partial charge in [0.1, 0.15) is 0 Å². The van der Waals surface area contributed by atoms with Gasteiger partial charge in [0, 0.05) is 0 Å². The number of benzene rings is 1. The highest BCUT2D eigenvalue weighted by atomic mass is 32.2. The van der Waals surface area contributed by atoms with E-state index in [0.29, 0.717) is 4.91 Å². The Labute approximate surface area is 92.1 Å². The molecule has 0 saturated carbocycles. The lowest BCUT2D eigenvalue weighted by atomic mass is 10.1. The van der Waals surface area contributed by atoms with Crippen LogP contribution < -0.4 is 5.32 Å². The SMILES string of the molecule is Cc1ccc(/C=C2/SC(=N)NC2=O)cc1. The molecule has 0 bridgehead atoms. The first-order valence-electron chi connectivity index (χ1n) is 4.51. The van der Waals surface area contributed by atoms with Crippen LogP contribution in [-0.2, 0) is 4.79 Å². The number of amidine groups is 1. The average Bonchev–Trinajstić information content (AvgIpc) is 2.49. The van der Waals surface area contributed by atoms with Crippen LogP contribution in [0.5, 0.6) is 0 Å². The fourth-order valence-corrected chi connectivity index (χ4v) is 1.96. The zero-order chi connectivity index (χ0) is 10.8. The molecule has 1 aromatic rings. The van der Waals surface area contributed by atoms with Gasteiger partial charge in [-0.25, -0.2) is 0 Å². The van der Waals surface area contributed by atoms with E-state index < -0.39 is 0 Å². The third-order valence-electron chi connectivity index (χ3n) is 2.04. The highest BCUT2D eigenvalue weighted by Gasteiger charge is 2.21. The quantitative estimate of drug-likeness (QED) is 0.709. The summed E-state index contributed by atoms with van der Waals surface area (Å²) in [5, 5.41) is 9.93. The third-order valence-corrected chi connectivity index (χ3v) is 2.87. The predicted octanol–water partition coefficient (Wildman–Crippen LogP) is 2.13. The molecule has 1 aliphatic heterocycles. The topological polar surface area (TPSA) is 53.0 Å². The maximum absolute atomic E-state index is 11.3. The maximum atomic E-state index is 11.3. The van der Waals surface area contributed by atoms with E-state index >= 15 is 0 Å². The molecule has 0 aliphatic carbocycles. The maximum Gasteiger partial charge on any atom is 0.264 e. The molecule has 3 nitrogen and oxygen atoms in total. The lowest BCUT2D eigenvalue weighted by Gasteiger charge is -1.95. The number of thioether (sulfide) groups is 1. The number of nitrogens with one attached hydrogen (secondary N) is 2. The van der Waals surface area contributed by atoms with Gasteiger partial charge < -0.3 is 5.32 Å². The van der Waals surface area contributed by atoms with E-state index in [1.165, 1.54) is 5.56 Å². The highest BCUT2D eigenvalue weighted by Crippen LogP contribution is 2.24. The Bertz CT molecular complexity index is 448. The number of carbonyl (C=O) groups excluding carboxylic acids is 1. The molecule has 0 atom stereocenters. The van der Waals surface area contributed by atoms with Gasteiger partial charge >= 0.3 is 0 Å². The number of hydrogen-bond acceptors (Lipinski definition) is 3. The van der Waals surface area contributed by atoms with Crippen molar-refractivity contribution in [3.63, 3.8) is 0 Å². The molecule has 1 heterocycles. The fourth-order valence-electron chi connectivity index (χ4n) is 1.26. The second-order valence-corrected chi connectivity index (χ2v) is 4.36. The normalized spacial score (nSPS) is 18.3. The van der Waals surface area contributed by atoms with Gasteiger partial charge in [-0.3, -0.25) is 10.2 Å². The van der Waals surface area contributed by atoms with Crippen molar-refractivity contribution in [3.05, 3.63) is 40.3 Å². The van der Waals surface area contributed by atoms with E-state index in [0.717, 1.165) is 17.3 Å². The van der Waals surface area contributed by atoms with E-state index in [2.05, 4.69) is 5.32 Å². The summed E-state index contributed by atoms with van der Waals surface area (Å²) in [7, 11) is 0. The Morgan fingerprint density at radius 3 is 2.53 bits per heavy atom. The molecule has 0 spiro atoms. The molecule has 2 rings (SSSR count). The van der Waals surface area contributed by atoms with Crippen LogP contribution in [0.15, 0.2) is 29.2 Å². The van der Waals surface area contributed by atoms with Crippen molar-refractivity contribution < 1.29 is 4.79 Å². The van der Waals surface area contributed by atoms with Crippen LogP contribution in [0.25, 0.3) is 6.08 Å². The van der Waals surface area contributed by atoms with Crippen LogP contribution in [0.3, 0.4) is 0 Å². The van der Waals surface area contributed by atoms with E-state index in [-0.39, 0.29) is 11.1 Å². The first-order chi connectivity index (χ1) is 7.15. The zero-order valence-corrected chi connectivity index (χ0v) is 9.02. The minimum atomic E-state index is -0.189. The molecular formula is C11H10N2OS. The summed E-state index contributed by atoms with van der Waals surface area (Å²) in [6, 6.07) is 7.90. The molecule has 1 amide bonds. The van der Waals surface area contributed by atoms with Crippen LogP contribution in [0, 0.1) is 12.3 Å². The Hall–Kier alpha value is -1.55. The van der Waals surface area contributed by atoms with Gasteiger partial charge in [-0.05, 0) is 30.3 Å². The summed E-state index contributed by atoms with van der Waals surface area (Å²) >= 11 is 1.16. The van der Waals surface area contributed by atoms with E-state index in [4.69, 9.17) is 5.41 Å². The molecule has 1 aromatic carbocycles. The number of aryl methyl sites for hydroxylation is 1. The molecule has 1 saturated heterocycles. The number of amides is 1. The number of rotatable bonds is 1. The van der Waals surface area contributed by atoms with Crippen molar-refractivity contribution in [2.24, 2.45) is 0 Å². The average molecular weight is 218 g/mol. The first kappa shape index (κ1) is 9.98. The summed E-state index contributed by atoms with van der Waals surface area (Å²) in [4.78, 5) is 11.9. The lowest BCUT2D eigenvalue weighted by molar-refractivity contribution is -0.115. The van der Waals surface area contributed by atoms with Crippen molar-refractivity contribution in [1.29, 1.82) is 5.41 Å². The molecule has 0 unspecified atom stereocenters. The molecule has 4 heteroatoms. The highest BCUT2D eigenvalue weighted by molar-refractivity contribution is 8.18. The molecular weight excluding hydrogens is 208 g/mol. The van der Waals surface area contributed by atoms with E-state index in [1.807, 2.05) is 31.2 Å². The Kier molecular flexibility index (Phi) is 2.60. The van der Waals surface area contributed by atoms with Gasteiger partial charge in [-0.2, -0.15) is 0 Å². The molecule has 0 radical (unpaired) electrons. The van der Waals surface area contributed by atoms with Crippen molar-refractivity contribution in [3.8, 4) is 0 Å². The molecule has 15 heavy (non-hydrogen) atoms. The van der Waals surface area contributed by atoms with Gasteiger partial charge in [0.15, 0.2) is 5.17 Å². The molecule has 2 N–H and O–H groups in total. The van der Waals surface area contributed by atoms with E-state index in [9.17, 15) is 4.79 Å². The second-order valence-electron chi connectivity index (χ2n) is 3.30. The Morgan fingerprint density at radius 1 is 1.33 bits per heavy atom. The smallest absolute Gasteiger partial charge is 0.264 e. The van der Waals surface area contributed by atoms with Gasteiger partial charge in [-0.15, -0.1) is 0 Å². The summed E-state index contributed by atoms with van der Waals surface area (Å²) in [5.41, 5.74) is 2.17. The van der Waals surface area contributed by atoms with Gasteiger partial charge in [0.05, 0.1) is 4.91 Å². The standard InChI is InChI=1S/C11H10N2OS/c1-7-2-4-8(5-3-7)6-9-10(14)13-11(12)15-9/h2-6H,1H3,(H2,12,13,14)/b9-6+. The molecule has 0 aromatic heterocycles. The Balaban J connectivity index is 2.27. The Morgan fingerprint density at radius 2 is 2.00 bits per heavy atom. The molecule has 76 valence electrons. The lowest BCUT2D eigenvalue weighted by Crippen LogP contribution is -2.18. The van der Waals surface area contributed by atoms with E-state index in [1.54, 1.807) is 6.08 Å². The summed E-state index contributed by atoms with van der Waals surface area (Å²) in [6.45, 7) is 2.02. The minimum absolute atomic E-state index is 0.189. The van der Waals surface area contributed by atoms with Crippen LogP contribution in [0.1, 0.15) is 11.1 Å². The van der Waals surface area contributed by atoms with Gasteiger partial charge in [-0.1, -0.05) is 29.8 Å². The summed E-state index contributed by atoms with van der Waals surface area (Å²) in [6.07, 6.45) is 1.79. The van der Waals surface area contributed by atoms with Crippen molar-refractivity contribution in [2.45, 2.75) is 6.92 Å². The van der Waals surface area contributed by atoms with Crippen molar-refractivity contribution in [1.82, 2.24) is 5.32 Å². The summed E-state index contributed by atoms with van der Waals surface area (Å²) in [5.74, 6) is -0.189. The van der Waals surface area contributed by atoms with Crippen molar-refractivity contribution >= 4 is 28.9 Å². The van der Waals surface area contributed by atoms with Gasteiger partial charge in [0.2, 0.25) is 0 Å². The van der Waals surface area contributed by atoms with Gasteiger partial charge in [0.25, 0.3) is 5.91 Å². The largest absolute Gasteiger partial charge is 0.301 e. The predicted molar refractivity (Wildman–Crippen MR) is 62.6 cm³/mol. The zero-order valence-electron chi connectivity index (χ0n) is 8.20. The molecule has 1 aliphatic rings. The fraction of sp³-hybridized carbons (Fsp3) is 0.0909. The van der Waals surface area contributed by atoms with Crippen molar-refractivity contribution in [2.75, 3.05) is 0 Å². The summed E-state index contributed by atoms with van der Waals surface area (Å²) < 4.78 is 0. The minimum Gasteiger partial charge on any atom is -0.301 e. The monoisotopic (exact) mass is 218 g/mol. The van der Waals surface area contributed by atoms with Crippen LogP contribution in [-0.4, -0.2) is 11.1 Å². The third kappa shape index (κ3) is 2.27. The first-order valence-corrected chi connectivity index (χ1v) is 5.33. The van der Waals surface area contributed by atoms with Crippen LogP contribution >= 0.6 is 11.8 Å². The number of carbonyl (C=O) groups is 1.